The van der Waals surface area contributed by atoms with Gasteiger partial charge in [0.15, 0.2) is 6.35 Å². The molecule has 5 heterocycles. The number of fused-ring (bicyclic) bond motifs is 2. The number of anilines is 1. The Hall–Kier alpha value is -1.95. The highest BCUT2D eigenvalue weighted by molar-refractivity contribution is 5.61. The zero-order valence-corrected chi connectivity index (χ0v) is 14.3. The van der Waals surface area contributed by atoms with E-state index in [4.69, 9.17) is 15.5 Å². The molecule has 1 aromatic carbocycles. The number of piperidine rings is 3. The molecule has 2 N–H and O–H groups in total. The quantitative estimate of drug-likeness (QED) is 0.912. The normalized spacial score (nSPS) is 34.0. The molecule has 2 aromatic rings. The smallest absolute Gasteiger partial charge is 0.186 e. The standard InChI is InChI=1S/C20H24N4O/c21-19-24(14-20(25-19)13-23-11-9-16(20)10-12-23)18-8-4-7-17(22-18)15-5-2-1-3-6-15/h1-8,16,19H,9-14,21H2. The van der Waals surface area contributed by atoms with E-state index in [0.29, 0.717) is 5.92 Å². The van der Waals surface area contributed by atoms with Crippen LogP contribution in [0.5, 0.6) is 0 Å². The Bertz CT molecular complexity index is 759. The van der Waals surface area contributed by atoms with Gasteiger partial charge < -0.3 is 14.5 Å². The topological polar surface area (TPSA) is 54.6 Å². The maximum Gasteiger partial charge on any atom is 0.186 e. The van der Waals surface area contributed by atoms with Crippen LogP contribution in [0.15, 0.2) is 48.5 Å². The van der Waals surface area contributed by atoms with Crippen molar-refractivity contribution in [1.29, 1.82) is 0 Å². The largest absolute Gasteiger partial charge is 0.335 e. The molecule has 4 saturated heterocycles. The summed E-state index contributed by atoms with van der Waals surface area (Å²) in [4.78, 5) is 9.52. The van der Waals surface area contributed by atoms with Crippen molar-refractivity contribution in [3.63, 3.8) is 0 Å². The number of hydrogen-bond donors (Lipinski definition) is 1. The molecule has 0 aliphatic carbocycles. The van der Waals surface area contributed by atoms with Crippen LogP contribution < -0.4 is 10.6 Å². The van der Waals surface area contributed by atoms with Crippen LogP contribution in [0.1, 0.15) is 12.8 Å². The highest BCUT2D eigenvalue weighted by Gasteiger charge is 2.54. The van der Waals surface area contributed by atoms with E-state index in [9.17, 15) is 0 Å². The van der Waals surface area contributed by atoms with E-state index < -0.39 is 6.35 Å². The van der Waals surface area contributed by atoms with Crippen molar-refractivity contribution in [2.24, 2.45) is 11.7 Å². The van der Waals surface area contributed by atoms with Gasteiger partial charge in [-0.15, -0.1) is 0 Å². The van der Waals surface area contributed by atoms with Crippen molar-refractivity contribution >= 4 is 5.82 Å². The lowest BCUT2D eigenvalue weighted by Gasteiger charge is -2.50. The van der Waals surface area contributed by atoms with E-state index >= 15 is 0 Å². The van der Waals surface area contributed by atoms with Crippen LogP contribution in [0.25, 0.3) is 11.3 Å². The lowest BCUT2D eigenvalue weighted by molar-refractivity contribution is -0.137. The fourth-order valence-electron chi connectivity index (χ4n) is 4.72. The van der Waals surface area contributed by atoms with E-state index in [0.717, 1.165) is 30.2 Å². The van der Waals surface area contributed by atoms with Gasteiger partial charge in [0, 0.05) is 12.1 Å². The van der Waals surface area contributed by atoms with Gasteiger partial charge in [-0.1, -0.05) is 36.4 Å². The molecule has 5 nitrogen and oxygen atoms in total. The highest BCUT2D eigenvalue weighted by atomic mass is 16.6. The minimum absolute atomic E-state index is 0.125. The summed E-state index contributed by atoms with van der Waals surface area (Å²) >= 11 is 0. The summed E-state index contributed by atoms with van der Waals surface area (Å²) in [6.07, 6.45) is 2.02. The van der Waals surface area contributed by atoms with E-state index in [2.05, 4.69) is 28.0 Å². The summed E-state index contributed by atoms with van der Waals surface area (Å²) in [6.45, 7) is 4.24. The number of nitrogens with two attached hydrogens (primary N) is 1. The van der Waals surface area contributed by atoms with Crippen molar-refractivity contribution in [1.82, 2.24) is 9.88 Å². The van der Waals surface area contributed by atoms with Gasteiger partial charge in [0.05, 0.1) is 12.2 Å². The number of benzene rings is 1. The van der Waals surface area contributed by atoms with E-state index in [1.807, 2.05) is 30.3 Å². The lowest BCUT2D eigenvalue weighted by Crippen LogP contribution is -2.61. The number of pyridine rings is 1. The monoisotopic (exact) mass is 336 g/mol. The molecule has 4 aliphatic heterocycles. The molecule has 4 fully saturated rings. The Balaban J connectivity index is 1.44. The zero-order chi connectivity index (χ0) is 16.9. The SMILES string of the molecule is NC1OC2(CN3CCC2CC3)CN1c1cccc(-c2ccccc2)n1. The fourth-order valence-corrected chi connectivity index (χ4v) is 4.72. The molecule has 0 radical (unpaired) electrons. The molecule has 2 bridgehead atoms. The summed E-state index contributed by atoms with van der Waals surface area (Å²) in [7, 11) is 0. The molecule has 130 valence electrons. The fraction of sp³-hybridized carbons (Fsp3) is 0.450. The Labute approximate surface area is 148 Å². The van der Waals surface area contributed by atoms with Crippen molar-refractivity contribution in [3.8, 4) is 11.3 Å². The molecule has 1 spiro atoms. The minimum atomic E-state index is -0.418. The number of rotatable bonds is 2. The lowest BCUT2D eigenvalue weighted by atomic mass is 9.75. The number of ether oxygens (including phenoxy) is 1. The second kappa shape index (κ2) is 5.80. The van der Waals surface area contributed by atoms with Gasteiger partial charge in [0.2, 0.25) is 0 Å². The van der Waals surface area contributed by atoms with Gasteiger partial charge in [0.1, 0.15) is 11.4 Å². The molecule has 2 atom stereocenters. The summed E-state index contributed by atoms with van der Waals surface area (Å²) < 4.78 is 6.36. The highest BCUT2D eigenvalue weighted by Crippen LogP contribution is 2.43. The first-order chi connectivity index (χ1) is 12.2. The van der Waals surface area contributed by atoms with Gasteiger partial charge >= 0.3 is 0 Å². The first-order valence-electron chi connectivity index (χ1n) is 9.18. The molecular weight excluding hydrogens is 312 g/mol. The second-order valence-electron chi connectivity index (χ2n) is 7.50. The Kier molecular flexibility index (Phi) is 3.55. The molecule has 2 unspecified atom stereocenters. The van der Waals surface area contributed by atoms with Gasteiger partial charge in [-0.05, 0) is 44.0 Å². The van der Waals surface area contributed by atoms with E-state index in [1.54, 1.807) is 0 Å². The van der Waals surface area contributed by atoms with Crippen LogP contribution in [-0.4, -0.2) is 48.0 Å². The summed E-state index contributed by atoms with van der Waals surface area (Å²) in [5.74, 6) is 1.52. The molecule has 4 aliphatic rings. The van der Waals surface area contributed by atoms with Crippen molar-refractivity contribution in [2.45, 2.75) is 24.8 Å². The van der Waals surface area contributed by atoms with Crippen molar-refractivity contribution in [2.75, 3.05) is 31.1 Å². The zero-order valence-electron chi connectivity index (χ0n) is 14.3. The van der Waals surface area contributed by atoms with Crippen LogP contribution in [-0.2, 0) is 4.74 Å². The minimum Gasteiger partial charge on any atom is -0.335 e. The van der Waals surface area contributed by atoms with Crippen molar-refractivity contribution in [3.05, 3.63) is 48.5 Å². The summed E-state index contributed by atoms with van der Waals surface area (Å²) in [5.41, 5.74) is 8.35. The number of hydrogen-bond acceptors (Lipinski definition) is 5. The molecule has 6 rings (SSSR count). The van der Waals surface area contributed by atoms with Crippen LogP contribution in [0.2, 0.25) is 0 Å². The Morgan fingerprint density at radius 2 is 1.80 bits per heavy atom. The van der Waals surface area contributed by atoms with Gasteiger partial charge in [-0.2, -0.15) is 0 Å². The second-order valence-corrected chi connectivity index (χ2v) is 7.50. The third kappa shape index (κ3) is 2.54. The average molecular weight is 336 g/mol. The van der Waals surface area contributed by atoms with Crippen LogP contribution in [0.3, 0.4) is 0 Å². The van der Waals surface area contributed by atoms with Gasteiger partial charge in [-0.3, -0.25) is 5.73 Å². The maximum atomic E-state index is 6.38. The van der Waals surface area contributed by atoms with Crippen LogP contribution in [0.4, 0.5) is 5.82 Å². The first kappa shape index (κ1) is 15.3. The molecule has 0 amide bonds. The molecule has 1 aromatic heterocycles. The van der Waals surface area contributed by atoms with Gasteiger partial charge in [0.25, 0.3) is 0 Å². The van der Waals surface area contributed by atoms with Gasteiger partial charge in [-0.25, -0.2) is 4.98 Å². The molecular formula is C20H24N4O. The summed E-state index contributed by atoms with van der Waals surface area (Å²) in [6, 6.07) is 16.4. The average Bonchev–Trinajstić information content (AvgIpc) is 2.99. The predicted molar refractivity (Wildman–Crippen MR) is 98.0 cm³/mol. The third-order valence-electron chi connectivity index (χ3n) is 6.02. The predicted octanol–water partition coefficient (Wildman–Crippen LogP) is 2.29. The molecule has 25 heavy (non-hydrogen) atoms. The van der Waals surface area contributed by atoms with Crippen molar-refractivity contribution < 1.29 is 4.74 Å². The van der Waals surface area contributed by atoms with Crippen LogP contribution in [0, 0.1) is 5.92 Å². The van der Waals surface area contributed by atoms with Crippen LogP contribution >= 0.6 is 0 Å². The third-order valence-corrected chi connectivity index (χ3v) is 6.02. The van der Waals surface area contributed by atoms with E-state index in [1.165, 1.54) is 25.9 Å². The Morgan fingerprint density at radius 3 is 2.52 bits per heavy atom. The first-order valence-corrected chi connectivity index (χ1v) is 9.18. The maximum absolute atomic E-state index is 6.38. The van der Waals surface area contributed by atoms with E-state index in [-0.39, 0.29) is 5.60 Å². The summed E-state index contributed by atoms with van der Waals surface area (Å²) in [5, 5.41) is 0. The molecule has 0 saturated carbocycles. The number of aromatic nitrogens is 1. The Morgan fingerprint density at radius 1 is 1.00 bits per heavy atom. The number of nitrogens with zero attached hydrogens (tertiary/aromatic N) is 3. The molecule has 5 heteroatoms.